The zero-order chi connectivity index (χ0) is 15.4. The van der Waals surface area contributed by atoms with Gasteiger partial charge in [-0.25, -0.2) is 0 Å². The van der Waals surface area contributed by atoms with Crippen LogP contribution in [0.4, 0.5) is 0 Å². The fourth-order valence-electron chi connectivity index (χ4n) is 1.93. The number of halogens is 2. The molecule has 0 radical (unpaired) electrons. The summed E-state index contributed by atoms with van der Waals surface area (Å²) in [6.07, 6.45) is 0. The van der Waals surface area contributed by atoms with Gasteiger partial charge in [0.2, 0.25) is 0 Å². The second-order valence-corrected chi connectivity index (χ2v) is 6.52. The summed E-state index contributed by atoms with van der Waals surface area (Å²) in [6, 6.07) is 10.8. The van der Waals surface area contributed by atoms with Crippen LogP contribution in [0.3, 0.4) is 0 Å². The van der Waals surface area contributed by atoms with Crippen molar-refractivity contribution >= 4 is 42.6 Å². The summed E-state index contributed by atoms with van der Waals surface area (Å²) in [4.78, 5) is 12.4. The van der Waals surface area contributed by atoms with Gasteiger partial charge in [-0.05, 0) is 57.6 Å². The fourth-order valence-corrected chi connectivity index (χ4v) is 3.73. The predicted octanol–water partition coefficient (Wildman–Crippen LogP) is 1.96. The van der Waals surface area contributed by atoms with Crippen LogP contribution in [-0.2, 0) is 0 Å². The van der Waals surface area contributed by atoms with E-state index in [9.17, 15) is 4.79 Å². The molecule has 1 unspecified atom stereocenters. The molecule has 22 heavy (non-hydrogen) atoms. The van der Waals surface area contributed by atoms with Crippen molar-refractivity contribution in [2.24, 2.45) is 0 Å². The van der Waals surface area contributed by atoms with E-state index in [4.69, 9.17) is 27.9 Å². The Morgan fingerprint density at radius 1 is 1.23 bits per heavy atom. The van der Waals surface area contributed by atoms with Gasteiger partial charge >= 0.3 is 18.9 Å². The maximum absolute atomic E-state index is 12.4. The third kappa shape index (κ3) is 4.75. The Balaban J connectivity index is 0.00000242. The van der Waals surface area contributed by atoms with Gasteiger partial charge in [-0.2, -0.15) is 0 Å². The van der Waals surface area contributed by atoms with Crippen molar-refractivity contribution in [3.05, 3.63) is 57.6 Å². The van der Waals surface area contributed by atoms with E-state index in [0.29, 0.717) is 22.2 Å². The van der Waals surface area contributed by atoms with Gasteiger partial charge < -0.3 is 6.16 Å². The van der Waals surface area contributed by atoms with Crippen molar-refractivity contribution in [3.63, 3.8) is 0 Å². The minimum Gasteiger partial charge on any atom is -1.00 e. The van der Waals surface area contributed by atoms with Crippen molar-refractivity contribution in [1.82, 2.24) is 0 Å². The van der Waals surface area contributed by atoms with Gasteiger partial charge in [0.15, 0.2) is 5.52 Å². The standard InChI is InChI=1S/C16H15Cl2O2P.Li.H/c1-3-20-11-7-8-14(10(2)9-11)21-16(19)15-12(17)5-4-6-13(15)18;;/h4-9,21H,3H2,1-2H3;;/q;+1;-1. The van der Waals surface area contributed by atoms with Gasteiger partial charge in [0.25, 0.3) is 0 Å². The molecule has 0 saturated carbocycles. The Labute approximate surface area is 156 Å². The molecule has 0 spiro atoms. The Morgan fingerprint density at radius 2 is 1.86 bits per heavy atom. The molecule has 2 rings (SSSR count). The van der Waals surface area contributed by atoms with E-state index in [2.05, 4.69) is 0 Å². The van der Waals surface area contributed by atoms with E-state index in [0.717, 1.165) is 16.6 Å². The molecular formula is C16H16Cl2LiO2P. The van der Waals surface area contributed by atoms with Crippen LogP contribution in [0, 0.1) is 6.92 Å². The number of aryl methyl sites for hydroxylation is 1. The summed E-state index contributed by atoms with van der Waals surface area (Å²) in [5.74, 6) is 0.812. The van der Waals surface area contributed by atoms with Crippen LogP contribution in [0.1, 0.15) is 24.3 Å². The molecule has 0 amide bonds. The molecule has 2 nitrogen and oxygen atoms in total. The van der Waals surface area contributed by atoms with Crippen molar-refractivity contribution in [3.8, 4) is 5.75 Å². The minimum atomic E-state index is -0.0575. The average Bonchev–Trinajstić information content (AvgIpc) is 2.42. The van der Waals surface area contributed by atoms with E-state index in [1.165, 1.54) is 0 Å². The summed E-state index contributed by atoms with van der Waals surface area (Å²) in [6.45, 7) is 4.52. The van der Waals surface area contributed by atoms with Gasteiger partial charge in [0.1, 0.15) is 5.75 Å². The average molecular weight is 349 g/mol. The summed E-state index contributed by atoms with van der Waals surface area (Å²) in [5.41, 5.74) is 1.36. The topological polar surface area (TPSA) is 26.3 Å². The fraction of sp³-hybridized carbons (Fsp3) is 0.188. The van der Waals surface area contributed by atoms with E-state index in [-0.39, 0.29) is 34.4 Å². The number of hydrogen-bond donors (Lipinski definition) is 0. The van der Waals surface area contributed by atoms with Crippen LogP contribution >= 0.6 is 31.8 Å². The molecule has 6 heteroatoms. The van der Waals surface area contributed by atoms with Gasteiger partial charge in [-0.1, -0.05) is 35.3 Å². The second-order valence-electron chi connectivity index (χ2n) is 4.46. The van der Waals surface area contributed by atoms with Crippen LogP contribution in [0.5, 0.6) is 5.75 Å². The molecule has 0 bridgehead atoms. The van der Waals surface area contributed by atoms with Crippen LogP contribution in [-0.4, -0.2) is 12.1 Å². The third-order valence-electron chi connectivity index (χ3n) is 2.95. The van der Waals surface area contributed by atoms with Crippen molar-refractivity contribution < 1.29 is 29.8 Å². The zero-order valence-electron chi connectivity index (χ0n) is 13.7. The van der Waals surface area contributed by atoms with Crippen molar-refractivity contribution in [2.45, 2.75) is 13.8 Å². The number of ether oxygens (including phenoxy) is 1. The number of hydrogen-bond acceptors (Lipinski definition) is 2. The van der Waals surface area contributed by atoms with E-state index >= 15 is 0 Å². The molecular weight excluding hydrogens is 333 g/mol. The molecule has 0 aliphatic heterocycles. The molecule has 0 N–H and O–H groups in total. The predicted molar refractivity (Wildman–Crippen MR) is 92.2 cm³/mol. The first kappa shape index (κ1) is 19.6. The Hall–Kier alpha value is -0.483. The summed E-state index contributed by atoms with van der Waals surface area (Å²) >= 11 is 12.2. The number of rotatable bonds is 5. The van der Waals surface area contributed by atoms with Crippen LogP contribution in [0.25, 0.3) is 0 Å². The van der Waals surface area contributed by atoms with Crippen molar-refractivity contribution in [2.75, 3.05) is 6.61 Å². The molecule has 2 aromatic carbocycles. The summed E-state index contributed by atoms with van der Waals surface area (Å²) in [5, 5.41) is 1.76. The monoisotopic (exact) mass is 348 g/mol. The molecule has 0 aliphatic carbocycles. The van der Waals surface area contributed by atoms with Crippen LogP contribution in [0.2, 0.25) is 10.0 Å². The van der Waals surface area contributed by atoms with Gasteiger partial charge in [0.05, 0.1) is 22.2 Å². The molecule has 0 heterocycles. The molecule has 2 aromatic rings. The van der Waals surface area contributed by atoms with E-state index in [1.54, 1.807) is 18.2 Å². The second kappa shape index (κ2) is 8.97. The molecule has 112 valence electrons. The first-order valence-corrected chi connectivity index (χ1v) is 8.27. The largest absolute Gasteiger partial charge is 1.00 e. The van der Waals surface area contributed by atoms with E-state index in [1.807, 2.05) is 32.0 Å². The van der Waals surface area contributed by atoms with E-state index < -0.39 is 0 Å². The quantitative estimate of drug-likeness (QED) is 0.610. The smallest absolute Gasteiger partial charge is 1.00 e. The maximum Gasteiger partial charge on any atom is 1.00 e. The SMILES string of the molecule is CCOc1ccc(PC(=O)c2c(Cl)cccc2Cl)c(C)c1.[H-].[Li+]. The molecule has 0 saturated heterocycles. The van der Waals surface area contributed by atoms with Crippen LogP contribution < -0.4 is 28.9 Å². The Morgan fingerprint density at radius 3 is 2.41 bits per heavy atom. The molecule has 0 aromatic heterocycles. The maximum atomic E-state index is 12.4. The first-order valence-electron chi connectivity index (χ1n) is 6.51. The zero-order valence-corrected chi connectivity index (χ0v) is 15.3. The Bertz CT molecular complexity index is 663. The van der Waals surface area contributed by atoms with Gasteiger partial charge in [0, 0.05) is 0 Å². The van der Waals surface area contributed by atoms with Crippen molar-refractivity contribution in [1.29, 1.82) is 0 Å². The first-order chi connectivity index (χ1) is 10.0. The third-order valence-corrected chi connectivity index (χ3v) is 4.88. The summed E-state index contributed by atoms with van der Waals surface area (Å²) < 4.78 is 5.45. The minimum absolute atomic E-state index is 0. The number of benzene rings is 2. The number of carbonyl (C=O) groups excluding carboxylic acids is 1. The molecule has 1 atom stereocenters. The van der Waals surface area contributed by atoms with Gasteiger partial charge in [-0.15, -0.1) is 0 Å². The molecule has 0 aliphatic rings. The molecule has 0 fully saturated rings. The normalized spacial score (nSPS) is 10.5. The summed E-state index contributed by atoms with van der Waals surface area (Å²) in [7, 11) is -0.0176. The Kier molecular flexibility index (Phi) is 7.98. The number of carbonyl (C=O) groups is 1. The van der Waals surface area contributed by atoms with Crippen LogP contribution in [0.15, 0.2) is 36.4 Å². The van der Waals surface area contributed by atoms with Gasteiger partial charge in [-0.3, -0.25) is 4.79 Å².